The van der Waals surface area contributed by atoms with Gasteiger partial charge in [-0.1, -0.05) is 62.2 Å². The molecule has 33 heavy (non-hydrogen) atoms. The topological polar surface area (TPSA) is 81.2 Å². The molecule has 0 radical (unpaired) electrons. The first kappa shape index (κ1) is 23.5. The van der Waals surface area contributed by atoms with Gasteiger partial charge >= 0.3 is 5.97 Å². The lowest BCUT2D eigenvalue weighted by Crippen LogP contribution is -2.29. The van der Waals surface area contributed by atoms with Crippen LogP contribution in [0.3, 0.4) is 0 Å². The zero-order valence-electron chi connectivity index (χ0n) is 18.7. The first-order chi connectivity index (χ1) is 15.6. The summed E-state index contributed by atoms with van der Waals surface area (Å²) in [6.07, 6.45) is 3.95. The minimum atomic E-state index is -0.542. The molecule has 0 spiro atoms. The van der Waals surface area contributed by atoms with Crippen LogP contribution in [0.25, 0.3) is 10.9 Å². The minimum Gasteiger partial charge on any atom is -0.452 e. The maximum Gasteiger partial charge on any atom is 0.339 e. The van der Waals surface area contributed by atoms with Crippen LogP contribution in [0.15, 0.2) is 36.5 Å². The Hall–Kier alpha value is -2.70. The van der Waals surface area contributed by atoms with Crippen molar-refractivity contribution in [1.82, 2.24) is 9.97 Å². The van der Waals surface area contributed by atoms with E-state index < -0.39 is 18.5 Å². The number of carbonyl (C=O) groups is 2. The lowest BCUT2D eigenvalue weighted by Gasteiger charge is -2.35. The van der Waals surface area contributed by atoms with E-state index in [9.17, 15) is 9.59 Å². The molecule has 1 N–H and O–H groups in total. The number of amides is 1. The molecule has 1 unspecified atom stereocenters. The van der Waals surface area contributed by atoms with Crippen LogP contribution in [0.2, 0.25) is 10.0 Å². The molecule has 6 nitrogen and oxygen atoms in total. The third-order valence-corrected chi connectivity index (χ3v) is 6.58. The molecule has 0 fully saturated rings. The van der Waals surface area contributed by atoms with Crippen molar-refractivity contribution in [3.05, 3.63) is 63.4 Å². The smallest absolute Gasteiger partial charge is 0.339 e. The molecule has 3 aromatic rings. The number of halogens is 2. The summed E-state index contributed by atoms with van der Waals surface area (Å²) in [5, 5.41) is 3.83. The third-order valence-electron chi connectivity index (χ3n) is 6.09. The van der Waals surface area contributed by atoms with E-state index in [4.69, 9.17) is 32.9 Å². The molecule has 2 aromatic heterocycles. The Morgan fingerprint density at radius 1 is 1.21 bits per heavy atom. The molecule has 8 heteroatoms. The number of nitrogens with one attached hydrogen (secondary N) is 1. The van der Waals surface area contributed by atoms with Crippen LogP contribution in [0.4, 0.5) is 5.82 Å². The SMILES string of the molecule is CC(C)(C)C1CCc2nc3ccccc3c(C(=O)OCC(=O)Nc3ncc(Cl)cc3Cl)c2C1. The van der Waals surface area contributed by atoms with Gasteiger partial charge in [0.1, 0.15) is 0 Å². The van der Waals surface area contributed by atoms with Crippen LogP contribution in [0.5, 0.6) is 0 Å². The first-order valence-corrected chi connectivity index (χ1v) is 11.6. The number of ether oxygens (including phenoxy) is 1. The molecule has 172 valence electrons. The van der Waals surface area contributed by atoms with E-state index in [-0.39, 0.29) is 16.3 Å². The Bertz CT molecular complexity index is 1240. The van der Waals surface area contributed by atoms with Crippen molar-refractivity contribution in [2.75, 3.05) is 11.9 Å². The average molecular weight is 486 g/mol. The van der Waals surface area contributed by atoms with Gasteiger partial charge in [0.05, 0.1) is 21.1 Å². The van der Waals surface area contributed by atoms with E-state index in [0.29, 0.717) is 16.5 Å². The van der Waals surface area contributed by atoms with Gasteiger partial charge in [-0.3, -0.25) is 9.78 Å². The number of aryl methyl sites for hydroxylation is 1. The van der Waals surface area contributed by atoms with Crippen LogP contribution < -0.4 is 5.32 Å². The second kappa shape index (κ2) is 9.27. The number of para-hydroxylation sites is 1. The maximum atomic E-state index is 13.3. The molecule has 2 heterocycles. The summed E-state index contributed by atoms with van der Waals surface area (Å²) in [5.74, 6) is -0.507. The summed E-state index contributed by atoms with van der Waals surface area (Å²) in [5.41, 5.74) is 3.21. The van der Waals surface area contributed by atoms with Crippen molar-refractivity contribution in [2.45, 2.75) is 40.0 Å². The lowest BCUT2D eigenvalue weighted by molar-refractivity contribution is -0.119. The van der Waals surface area contributed by atoms with Gasteiger partial charge in [0.25, 0.3) is 5.91 Å². The van der Waals surface area contributed by atoms with Gasteiger partial charge in [0.15, 0.2) is 12.4 Å². The van der Waals surface area contributed by atoms with Gasteiger partial charge < -0.3 is 10.1 Å². The third kappa shape index (κ3) is 5.12. The molecule has 4 rings (SSSR count). The van der Waals surface area contributed by atoms with Gasteiger partial charge in [-0.25, -0.2) is 9.78 Å². The highest BCUT2D eigenvalue weighted by molar-refractivity contribution is 6.36. The summed E-state index contributed by atoms with van der Waals surface area (Å²) in [4.78, 5) is 34.5. The second-order valence-electron chi connectivity index (χ2n) is 9.34. The molecule has 1 atom stereocenters. The summed E-state index contributed by atoms with van der Waals surface area (Å²) < 4.78 is 5.45. The molecule has 1 aromatic carbocycles. The van der Waals surface area contributed by atoms with Crippen LogP contribution in [-0.4, -0.2) is 28.5 Å². The van der Waals surface area contributed by atoms with E-state index in [1.54, 1.807) is 0 Å². The maximum absolute atomic E-state index is 13.3. The number of hydrogen-bond donors (Lipinski definition) is 1. The minimum absolute atomic E-state index is 0.106. The van der Waals surface area contributed by atoms with Crippen molar-refractivity contribution >= 4 is 51.8 Å². The standard InChI is InChI=1S/C25H25Cl2N3O3/c1-25(2,3)14-8-9-20-17(10-14)22(16-6-4-5-7-19(16)29-20)24(32)33-13-21(31)30-23-18(27)11-15(26)12-28-23/h4-7,11-12,14H,8-10,13H2,1-3H3,(H,28,30,31). The van der Waals surface area contributed by atoms with Crippen molar-refractivity contribution in [2.24, 2.45) is 11.3 Å². The van der Waals surface area contributed by atoms with Gasteiger partial charge in [0, 0.05) is 17.3 Å². The Morgan fingerprint density at radius 2 is 1.97 bits per heavy atom. The molecule has 1 amide bonds. The molecule has 0 saturated heterocycles. The number of fused-ring (bicyclic) bond motifs is 2. The number of esters is 1. The number of nitrogens with zero attached hydrogens (tertiary/aromatic N) is 2. The van der Waals surface area contributed by atoms with Crippen LogP contribution in [0.1, 0.15) is 48.8 Å². The number of rotatable bonds is 4. The number of pyridine rings is 2. The fraction of sp³-hybridized carbons (Fsp3) is 0.360. The summed E-state index contributed by atoms with van der Waals surface area (Å²) in [6, 6.07) is 9.01. The molecular formula is C25H25Cl2N3O3. The van der Waals surface area contributed by atoms with E-state index in [2.05, 4.69) is 31.1 Å². The highest BCUT2D eigenvalue weighted by Gasteiger charge is 2.33. The van der Waals surface area contributed by atoms with Crippen molar-refractivity contribution in [3.8, 4) is 0 Å². The number of benzene rings is 1. The lowest BCUT2D eigenvalue weighted by atomic mass is 9.70. The molecule has 1 aliphatic rings. The van der Waals surface area contributed by atoms with Gasteiger partial charge in [0.2, 0.25) is 0 Å². The number of hydrogen-bond acceptors (Lipinski definition) is 5. The summed E-state index contributed by atoms with van der Waals surface area (Å²) in [6.45, 7) is 6.19. The predicted octanol–water partition coefficient (Wildman–Crippen LogP) is 5.88. The second-order valence-corrected chi connectivity index (χ2v) is 10.2. The van der Waals surface area contributed by atoms with Gasteiger partial charge in [-0.2, -0.15) is 0 Å². The van der Waals surface area contributed by atoms with Crippen molar-refractivity contribution < 1.29 is 14.3 Å². The van der Waals surface area contributed by atoms with Crippen LogP contribution in [-0.2, 0) is 22.4 Å². The fourth-order valence-electron chi connectivity index (χ4n) is 4.24. The predicted molar refractivity (Wildman–Crippen MR) is 130 cm³/mol. The highest BCUT2D eigenvalue weighted by atomic mass is 35.5. The number of carbonyl (C=O) groups excluding carboxylic acids is 2. The largest absolute Gasteiger partial charge is 0.452 e. The van der Waals surface area contributed by atoms with Crippen molar-refractivity contribution in [1.29, 1.82) is 0 Å². The van der Waals surface area contributed by atoms with Gasteiger partial charge in [-0.15, -0.1) is 0 Å². The first-order valence-electron chi connectivity index (χ1n) is 10.8. The molecule has 0 bridgehead atoms. The van der Waals surface area contributed by atoms with E-state index in [1.165, 1.54) is 12.3 Å². The van der Waals surface area contributed by atoms with E-state index in [1.807, 2.05) is 24.3 Å². The van der Waals surface area contributed by atoms with E-state index >= 15 is 0 Å². The Balaban J connectivity index is 1.59. The van der Waals surface area contributed by atoms with Crippen LogP contribution >= 0.6 is 23.2 Å². The van der Waals surface area contributed by atoms with Gasteiger partial charge in [-0.05, 0) is 48.3 Å². The normalized spacial score (nSPS) is 15.7. The van der Waals surface area contributed by atoms with Crippen molar-refractivity contribution in [3.63, 3.8) is 0 Å². The molecular weight excluding hydrogens is 461 g/mol. The monoisotopic (exact) mass is 485 g/mol. The number of anilines is 1. The molecule has 0 saturated carbocycles. The Labute approximate surface area is 202 Å². The molecule has 0 aliphatic heterocycles. The molecule has 1 aliphatic carbocycles. The number of aromatic nitrogens is 2. The Kier molecular flexibility index (Phi) is 6.59. The zero-order chi connectivity index (χ0) is 23.8. The zero-order valence-corrected chi connectivity index (χ0v) is 20.3. The highest BCUT2D eigenvalue weighted by Crippen LogP contribution is 2.39. The summed E-state index contributed by atoms with van der Waals surface area (Å²) >= 11 is 11.9. The van der Waals surface area contributed by atoms with E-state index in [0.717, 1.165) is 41.4 Å². The summed E-state index contributed by atoms with van der Waals surface area (Å²) in [7, 11) is 0. The quantitative estimate of drug-likeness (QED) is 0.466. The average Bonchev–Trinajstić information content (AvgIpc) is 2.76. The van der Waals surface area contributed by atoms with Crippen LogP contribution in [0, 0.1) is 11.3 Å². The fourth-order valence-corrected chi connectivity index (χ4v) is 4.67. The Morgan fingerprint density at radius 3 is 2.70 bits per heavy atom.